The Bertz CT molecular complexity index is 137. The Hall–Kier alpha value is -0.220. The van der Waals surface area contributed by atoms with Crippen LogP contribution in [0.2, 0.25) is 0 Å². The normalized spacial score (nSPS) is 26.8. The van der Waals surface area contributed by atoms with Crippen LogP contribution in [0.5, 0.6) is 0 Å². The van der Waals surface area contributed by atoms with Crippen molar-refractivity contribution in [1.82, 2.24) is 4.90 Å². The molecule has 1 atom stereocenters. The van der Waals surface area contributed by atoms with Crippen LogP contribution in [0.4, 0.5) is 8.78 Å². The predicted octanol–water partition coefficient (Wildman–Crippen LogP) is 1.75. The zero-order chi connectivity index (χ0) is 9.84. The van der Waals surface area contributed by atoms with Crippen LogP contribution >= 0.6 is 0 Å². The number of alkyl halides is 2. The number of ether oxygens (including phenoxy) is 1. The van der Waals surface area contributed by atoms with E-state index in [4.69, 9.17) is 4.74 Å². The first-order valence-corrected chi connectivity index (χ1v) is 4.75. The Kier molecular flexibility index (Phi) is 4.06. The largest absolute Gasteiger partial charge is 0.371 e. The van der Waals surface area contributed by atoms with Crippen molar-refractivity contribution in [3.8, 4) is 0 Å². The minimum Gasteiger partial charge on any atom is -0.371 e. The van der Waals surface area contributed by atoms with Gasteiger partial charge in [0.2, 0.25) is 0 Å². The van der Waals surface area contributed by atoms with Gasteiger partial charge >= 0.3 is 0 Å². The van der Waals surface area contributed by atoms with Crippen LogP contribution in [0.3, 0.4) is 0 Å². The van der Waals surface area contributed by atoms with E-state index >= 15 is 0 Å². The van der Waals surface area contributed by atoms with Crippen molar-refractivity contribution in [1.29, 1.82) is 0 Å². The lowest BCUT2D eigenvalue weighted by Gasteiger charge is -2.23. The molecule has 0 radical (unpaired) electrons. The first-order chi connectivity index (χ1) is 6.11. The third kappa shape index (κ3) is 3.19. The molecule has 4 heteroatoms. The molecule has 1 rings (SSSR count). The van der Waals surface area contributed by atoms with Crippen LogP contribution in [0.1, 0.15) is 20.3 Å². The standard InChI is InChI=1S/C9H17F2NO/c1-7(2)12-4-3-8(9(10)11)13-6-5-12/h7-9H,3-6H2,1-2H3. The molecular formula is C9H17F2NO. The molecule has 1 aliphatic rings. The van der Waals surface area contributed by atoms with E-state index in [1.165, 1.54) is 0 Å². The zero-order valence-electron chi connectivity index (χ0n) is 8.17. The Morgan fingerprint density at radius 3 is 2.54 bits per heavy atom. The van der Waals surface area contributed by atoms with Gasteiger partial charge in [-0.2, -0.15) is 0 Å². The van der Waals surface area contributed by atoms with Crippen LogP contribution in [0.15, 0.2) is 0 Å². The first kappa shape index (κ1) is 10.9. The fourth-order valence-electron chi connectivity index (χ4n) is 1.52. The first-order valence-electron chi connectivity index (χ1n) is 4.75. The molecular weight excluding hydrogens is 176 g/mol. The van der Waals surface area contributed by atoms with E-state index < -0.39 is 12.5 Å². The fraction of sp³-hybridized carbons (Fsp3) is 1.00. The average molecular weight is 193 g/mol. The molecule has 13 heavy (non-hydrogen) atoms. The molecule has 0 aromatic rings. The van der Waals surface area contributed by atoms with E-state index in [9.17, 15) is 8.78 Å². The minimum atomic E-state index is -2.34. The second kappa shape index (κ2) is 4.86. The number of halogens is 2. The van der Waals surface area contributed by atoms with Gasteiger partial charge in [0.1, 0.15) is 6.10 Å². The molecule has 1 aliphatic heterocycles. The Labute approximate surface area is 77.9 Å². The second-order valence-electron chi connectivity index (χ2n) is 3.66. The highest BCUT2D eigenvalue weighted by Gasteiger charge is 2.25. The topological polar surface area (TPSA) is 12.5 Å². The van der Waals surface area contributed by atoms with Gasteiger partial charge < -0.3 is 4.74 Å². The summed E-state index contributed by atoms with van der Waals surface area (Å²) in [7, 11) is 0. The van der Waals surface area contributed by atoms with Crippen LogP contribution < -0.4 is 0 Å². The second-order valence-corrected chi connectivity index (χ2v) is 3.66. The lowest BCUT2D eigenvalue weighted by molar-refractivity contribution is -0.0496. The molecule has 0 aliphatic carbocycles. The molecule has 0 saturated carbocycles. The highest BCUT2D eigenvalue weighted by molar-refractivity contribution is 4.71. The Morgan fingerprint density at radius 2 is 2.00 bits per heavy atom. The predicted molar refractivity (Wildman–Crippen MR) is 47.1 cm³/mol. The van der Waals surface area contributed by atoms with Crippen molar-refractivity contribution in [3.05, 3.63) is 0 Å². The Balaban J connectivity index is 2.39. The van der Waals surface area contributed by atoms with E-state index in [2.05, 4.69) is 18.7 Å². The lowest BCUT2D eigenvalue weighted by Crippen LogP contribution is -2.33. The molecule has 2 nitrogen and oxygen atoms in total. The summed E-state index contributed by atoms with van der Waals surface area (Å²) < 4.78 is 29.6. The van der Waals surface area contributed by atoms with Crippen molar-refractivity contribution in [2.24, 2.45) is 0 Å². The van der Waals surface area contributed by atoms with Crippen molar-refractivity contribution in [2.45, 2.75) is 38.8 Å². The summed E-state index contributed by atoms with van der Waals surface area (Å²) in [4.78, 5) is 2.17. The van der Waals surface area contributed by atoms with Crippen molar-refractivity contribution >= 4 is 0 Å². The highest BCUT2D eigenvalue weighted by atomic mass is 19.3. The number of nitrogens with zero attached hydrogens (tertiary/aromatic N) is 1. The van der Waals surface area contributed by atoms with Crippen molar-refractivity contribution in [3.63, 3.8) is 0 Å². The third-order valence-corrected chi connectivity index (χ3v) is 2.42. The molecule has 0 aromatic carbocycles. The highest BCUT2D eigenvalue weighted by Crippen LogP contribution is 2.15. The molecule has 1 fully saturated rings. The molecule has 0 bridgehead atoms. The molecule has 1 saturated heterocycles. The van der Waals surface area contributed by atoms with Gasteiger partial charge in [0, 0.05) is 19.1 Å². The Morgan fingerprint density at radius 1 is 1.31 bits per heavy atom. The van der Waals surface area contributed by atoms with Gasteiger partial charge in [0.15, 0.2) is 0 Å². The zero-order valence-corrected chi connectivity index (χ0v) is 8.17. The van der Waals surface area contributed by atoms with E-state index in [0.717, 1.165) is 6.54 Å². The molecule has 1 unspecified atom stereocenters. The van der Waals surface area contributed by atoms with Gasteiger partial charge in [-0.3, -0.25) is 4.90 Å². The summed E-state index contributed by atoms with van der Waals surface area (Å²) in [6.07, 6.45) is -2.76. The summed E-state index contributed by atoms with van der Waals surface area (Å²) in [5.74, 6) is 0. The third-order valence-electron chi connectivity index (χ3n) is 2.42. The van der Waals surface area contributed by atoms with Gasteiger partial charge in [-0.15, -0.1) is 0 Å². The average Bonchev–Trinajstić information content (AvgIpc) is 2.27. The van der Waals surface area contributed by atoms with Crippen molar-refractivity contribution < 1.29 is 13.5 Å². The number of rotatable bonds is 2. The van der Waals surface area contributed by atoms with E-state index in [1.54, 1.807) is 0 Å². The molecule has 0 amide bonds. The molecule has 0 N–H and O–H groups in total. The van der Waals surface area contributed by atoms with Crippen molar-refractivity contribution in [2.75, 3.05) is 19.7 Å². The van der Waals surface area contributed by atoms with Crippen LogP contribution in [0, 0.1) is 0 Å². The van der Waals surface area contributed by atoms with Gasteiger partial charge in [-0.25, -0.2) is 8.78 Å². The lowest BCUT2D eigenvalue weighted by atomic mass is 10.2. The van der Waals surface area contributed by atoms with Gasteiger partial charge in [-0.05, 0) is 20.3 Å². The van der Waals surface area contributed by atoms with Gasteiger partial charge in [-0.1, -0.05) is 0 Å². The van der Waals surface area contributed by atoms with Crippen LogP contribution in [-0.4, -0.2) is 43.2 Å². The van der Waals surface area contributed by atoms with Gasteiger partial charge in [0.05, 0.1) is 6.61 Å². The molecule has 0 aromatic heterocycles. The summed E-state index contributed by atoms with van der Waals surface area (Å²) in [5.41, 5.74) is 0. The van der Waals surface area contributed by atoms with E-state index in [-0.39, 0.29) is 0 Å². The minimum absolute atomic E-state index is 0.417. The smallest absolute Gasteiger partial charge is 0.264 e. The molecule has 0 spiro atoms. The SMILES string of the molecule is CC(C)N1CCOC(C(F)F)CC1. The van der Waals surface area contributed by atoms with Gasteiger partial charge in [0.25, 0.3) is 6.43 Å². The summed E-state index contributed by atoms with van der Waals surface area (Å²) in [6.45, 7) is 6.05. The number of hydrogen-bond acceptors (Lipinski definition) is 2. The maximum absolute atomic E-state index is 12.3. The molecule has 78 valence electrons. The van der Waals surface area contributed by atoms with E-state index in [0.29, 0.717) is 25.6 Å². The quantitative estimate of drug-likeness (QED) is 0.662. The maximum Gasteiger partial charge on any atom is 0.264 e. The molecule has 1 heterocycles. The van der Waals surface area contributed by atoms with Crippen LogP contribution in [0.25, 0.3) is 0 Å². The van der Waals surface area contributed by atoms with Crippen LogP contribution in [-0.2, 0) is 4.74 Å². The fourth-order valence-corrected chi connectivity index (χ4v) is 1.52. The maximum atomic E-state index is 12.3. The van der Waals surface area contributed by atoms with E-state index in [1.807, 2.05) is 0 Å². The monoisotopic (exact) mass is 193 g/mol. The summed E-state index contributed by atoms with van der Waals surface area (Å²) in [5, 5.41) is 0. The number of hydrogen-bond donors (Lipinski definition) is 0. The summed E-state index contributed by atoms with van der Waals surface area (Å²) >= 11 is 0. The summed E-state index contributed by atoms with van der Waals surface area (Å²) in [6, 6.07) is 0.417.